The Balaban J connectivity index is 1.59. The van der Waals surface area contributed by atoms with E-state index in [-0.39, 0.29) is 22.8 Å². The number of piperazine rings is 1. The number of rotatable bonds is 2. The van der Waals surface area contributed by atoms with Gasteiger partial charge in [-0.3, -0.25) is 9.59 Å². The molecule has 0 unspecified atom stereocenters. The molecule has 0 radical (unpaired) electrons. The van der Waals surface area contributed by atoms with E-state index in [2.05, 4.69) is 12.2 Å². The van der Waals surface area contributed by atoms with Crippen LogP contribution in [-0.2, 0) is 4.79 Å². The maximum atomic E-state index is 12.7. The molecule has 1 N–H and O–H groups in total. The van der Waals surface area contributed by atoms with Crippen molar-refractivity contribution in [1.29, 1.82) is 0 Å². The smallest absolute Gasteiger partial charge is 0.255 e. The van der Waals surface area contributed by atoms with Gasteiger partial charge in [0.25, 0.3) is 5.91 Å². The molecular formula is C18H23Cl2N3O2. The Bertz CT molecular complexity index is 660. The molecule has 2 aliphatic heterocycles. The average Bonchev–Trinajstić information content (AvgIpc) is 2.63. The van der Waals surface area contributed by atoms with Crippen molar-refractivity contribution < 1.29 is 9.59 Å². The Kier molecular flexibility index (Phi) is 5.87. The van der Waals surface area contributed by atoms with Crippen LogP contribution < -0.4 is 5.32 Å². The molecule has 5 nitrogen and oxygen atoms in total. The summed E-state index contributed by atoms with van der Waals surface area (Å²) >= 11 is 12.2. The minimum absolute atomic E-state index is 0.0980. The zero-order valence-corrected chi connectivity index (χ0v) is 15.8. The Morgan fingerprint density at radius 3 is 2.48 bits per heavy atom. The Morgan fingerprint density at radius 1 is 1.12 bits per heavy atom. The predicted octanol–water partition coefficient (Wildman–Crippen LogP) is 2.67. The van der Waals surface area contributed by atoms with Gasteiger partial charge in [0.2, 0.25) is 5.91 Å². The molecule has 136 valence electrons. The molecule has 1 aromatic carbocycles. The highest BCUT2D eigenvalue weighted by atomic mass is 35.5. The van der Waals surface area contributed by atoms with Crippen LogP contribution >= 0.6 is 23.2 Å². The summed E-state index contributed by atoms with van der Waals surface area (Å²) in [5.41, 5.74) is 0.418. The monoisotopic (exact) mass is 383 g/mol. The Hall–Kier alpha value is -1.30. The fourth-order valence-corrected chi connectivity index (χ4v) is 3.97. The summed E-state index contributed by atoms with van der Waals surface area (Å²) < 4.78 is 0. The summed E-state index contributed by atoms with van der Waals surface area (Å²) in [7, 11) is 0. The second-order valence-electron chi connectivity index (χ2n) is 6.80. The van der Waals surface area contributed by atoms with Gasteiger partial charge in [-0.25, -0.2) is 0 Å². The molecule has 2 amide bonds. The third-order valence-corrected chi connectivity index (χ3v) is 5.85. The molecule has 0 aliphatic carbocycles. The molecular weight excluding hydrogens is 361 g/mol. The van der Waals surface area contributed by atoms with Gasteiger partial charge in [-0.15, -0.1) is 0 Å². The van der Waals surface area contributed by atoms with Crippen molar-refractivity contribution in [3.05, 3.63) is 33.8 Å². The van der Waals surface area contributed by atoms with Crippen LogP contribution in [0.3, 0.4) is 0 Å². The van der Waals surface area contributed by atoms with Gasteiger partial charge in [0.1, 0.15) is 0 Å². The molecule has 25 heavy (non-hydrogen) atoms. The summed E-state index contributed by atoms with van der Waals surface area (Å²) in [6, 6.07) is 5.46. The van der Waals surface area contributed by atoms with E-state index in [0.29, 0.717) is 42.8 Å². The minimum atomic E-state index is -0.130. The van der Waals surface area contributed by atoms with Gasteiger partial charge in [-0.05, 0) is 38.4 Å². The number of halogens is 2. The first-order valence-corrected chi connectivity index (χ1v) is 9.48. The van der Waals surface area contributed by atoms with Crippen LogP contribution in [0.25, 0.3) is 0 Å². The number of piperidine rings is 1. The van der Waals surface area contributed by atoms with E-state index in [9.17, 15) is 9.59 Å². The van der Waals surface area contributed by atoms with Crippen LogP contribution in [0.15, 0.2) is 18.2 Å². The number of benzene rings is 1. The highest BCUT2D eigenvalue weighted by Crippen LogP contribution is 2.27. The molecule has 2 atom stereocenters. The lowest BCUT2D eigenvalue weighted by Gasteiger charge is -2.38. The van der Waals surface area contributed by atoms with Crippen molar-refractivity contribution in [1.82, 2.24) is 15.1 Å². The second-order valence-corrected chi connectivity index (χ2v) is 7.58. The molecule has 0 spiro atoms. The quantitative estimate of drug-likeness (QED) is 0.853. The Labute approximate surface area is 158 Å². The lowest BCUT2D eigenvalue weighted by atomic mass is 9.92. The molecule has 2 aliphatic rings. The first kappa shape index (κ1) is 18.5. The molecule has 2 fully saturated rings. The molecule has 0 aromatic heterocycles. The first-order valence-electron chi connectivity index (χ1n) is 8.73. The van der Waals surface area contributed by atoms with Crippen molar-refractivity contribution >= 4 is 35.0 Å². The van der Waals surface area contributed by atoms with E-state index >= 15 is 0 Å². The van der Waals surface area contributed by atoms with Gasteiger partial charge in [0.05, 0.1) is 15.6 Å². The van der Waals surface area contributed by atoms with Crippen LogP contribution in [0.5, 0.6) is 0 Å². The van der Waals surface area contributed by atoms with Crippen LogP contribution in [0, 0.1) is 5.92 Å². The molecule has 7 heteroatoms. The van der Waals surface area contributed by atoms with E-state index in [1.807, 2.05) is 4.90 Å². The fraction of sp³-hybridized carbons (Fsp3) is 0.556. The average molecular weight is 384 g/mol. The van der Waals surface area contributed by atoms with Gasteiger partial charge in [-0.2, -0.15) is 0 Å². The van der Waals surface area contributed by atoms with Crippen LogP contribution in [-0.4, -0.2) is 60.4 Å². The van der Waals surface area contributed by atoms with Crippen molar-refractivity contribution in [3.8, 4) is 0 Å². The van der Waals surface area contributed by atoms with E-state index < -0.39 is 0 Å². The summed E-state index contributed by atoms with van der Waals surface area (Å²) in [6.45, 7) is 5.19. The van der Waals surface area contributed by atoms with Crippen molar-refractivity contribution in [2.45, 2.75) is 25.8 Å². The van der Waals surface area contributed by atoms with E-state index in [1.54, 1.807) is 23.1 Å². The molecule has 2 saturated heterocycles. The minimum Gasteiger partial charge on any atom is -0.339 e. The lowest BCUT2D eigenvalue weighted by molar-refractivity contribution is -0.138. The number of carbonyl (C=O) groups excluding carboxylic acids is 2. The maximum absolute atomic E-state index is 12.7. The highest BCUT2D eigenvalue weighted by Gasteiger charge is 2.31. The zero-order chi connectivity index (χ0) is 18.0. The number of carbonyl (C=O) groups is 2. The molecule has 0 saturated carbocycles. The maximum Gasteiger partial charge on any atom is 0.255 e. The number of nitrogens with one attached hydrogen (secondary N) is 1. The summed E-state index contributed by atoms with van der Waals surface area (Å²) in [4.78, 5) is 29.0. The highest BCUT2D eigenvalue weighted by molar-refractivity contribution is 6.43. The summed E-state index contributed by atoms with van der Waals surface area (Å²) in [6.07, 6.45) is 1.77. The normalized spacial score (nSPS) is 24.3. The topological polar surface area (TPSA) is 52.7 Å². The van der Waals surface area contributed by atoms with E-state index in [4.69, 9.17) is 23.2 Å². The number of hydrogen-bond acceptors (Lipinski definition) is 3. The zero-order valence-electron chi connectivity index (χ0n) is 14.3. The lowest BCUT2D eigenvalue weighted by Crippen LogP contribution is -2.53. The third-order valence-electron chi connectivity index (χ3n) is 5.03. The van der Waals surface area contributed by atoms with Crippen LogP contribution in [0.1, 0.15) is 30.1 Å². The van der Waals surface area contributed by atoms with Crippen molar-refractivity contribution in [2.75, 3.05) is 32.7 Å². The SMILES string of the molecule is C[C@H]1C[C@@H](C(=O)N2CCN(C(=O)c3cccc(Cl)c3Cl)CC2)CCN1. The first-order chi connectivity index (χ1) is 12.0. The number of hydrogen-bond donors (Lipinski definition) is 1. The third kappa shape index (κ3) is 4.10. The van der Waals surface area contributed by atoms with Gasteiger partial charge in [0, 0.05) is 38.1 Å². The largest absolute Gasteiger partial charge is 0.339 e. The summed E-state index contributed by atoms with van der Waals surface area (Å²) in [5.74, 6) is 0.192. The van der Waals surface area contributed by atoms with Gasteiger partial charge >= 0.3 is 0 Å². The van der Waals surface area contributed by atoms with Crippen molar-refractivity contribution in [2.24, 2.45) is 5.92 Å². The van der Waals surface area contributed by atoms with Crippen molar-refractivity contribution in [3.63, 3.8) is 0 Å². The molecule has 0 bridgehead atoms. The molecule has 1 aromatic rings. The number of nitrogens with zero attached hydrogens (tertiary/aromatic N) is 2. The standard InChI is InChI=1S/C18H23Cl2N3O2/c1-12-11-13(5-6-21-12)17(24)22-7-9-23(10-8-22)18(25)14-3-2-4-15(19)16(14)20/h2-4,12-13,21H,5-11H2,1H3/t12-,13-/m0/s1. The predicted molar refractivity (Wildman–Crippen MR) is 99.1 cm³/mol. The number of amides is 2. The van der Waals surface area contributed by atoms with E-state index in [1.165, 1.54) is 0 Å². The summed E-state index contributed by atoms with van der Waals surface area (Å²) in [5, 5.41) is 4.04. The molecule has 2 heterocycles. The van der Waals surface area contributed by atoms with Gasteiger partial charge < -0.3 is 15.1 Å². The fourth-order valence-electron chi connectivity index (χ4n) is 3.58. The van der Waals surface area contributed by atoms with Gasteiger partial charge in [0.15, 0.2) is 0 Å². The molecule has 3 rings (SSSR count). The Morgan fingerprint density at radius 2 is 1.80 bits per heavy atom. The van der Waals surface area contributed by atoms with Crippen LogP contribution in [0.4, 0.5) is 0 Å². The van der Waals surface area contributed by atoms with Crippen LogP contribution in [0.2, 0.25) is 10.0 Å². The van der Waals surface area contributed by atoms with Gasteiger partial charge in [-0.1, -0.05) is 29.3 Å². The second kappa shape index (κ2) is 7.94. The van der Waals surface area contributed by atoms with E-state index in [0.717, 1.165) is 19.4 Å².